The molecule has 1 aromatic carbocycles. The summed E-state index contributed by atoms with van der Waals surface area (Å²) in [6.45, 7) is 5.02. The number of carbonyl (C=O) groups excluding carboxylic acids is 2. The van der Waals surface area contributed by atoms with Crippen molar-refractivity contribution in [3.63, 3.8) is 0 Å². The number of rotatable bonds is 4. The lowest BCUT2D eigenvalue weighted by atomic mass is 10.2. The number of para-hydroxylation sites is 1. The van der Waals surface area contributed by atoms with Crippen LogP contribution in [-0.2, 0) is 9.53 Å². The number of alkyl carbamates (subject to hydrolysis) is 1. The smallest absolute Gasteiger partial charge is 0.408 e. The molecule has 0 aliphatic heterocycles. The zero-order valence-electron chi connectivity index (χ0n) is 13.2. The zero-order chi connectivity index (χ0) is 16.9. The largest absolute Gasteiger partial charge is 0.444 e. The van der Waals surface area contributed by atoms with Crippen molar-refractivity contribution in [3.05, 3.63) is 30.6 Å². The van der Waals surface area contributed by atoms with E-state index in [-0.39, 0.29) is 6.54 Å². The van der Waals surface area contributed by atoms with E-state index in [1.54, 1.807) is 20.8 Å². The summed E-state index contributed by atoms with van der Waals surface area (Å²) in [7, 11) is 0. The molecule has 1 heterocycles. The van der Waals surface area contributed by atoms with Crippen LogP contribution in [0.2, 0.25) is 0 Å². The molecule has 3 N–H and O–H groups in total. The highest BCUT2D eigenvalue weighted by atomic mass is 16.6. The molecule has 122 valence electrons. The van der Waals surface area contributed by atoms with Gasteiger partial charge in [-0.15, -0.1) is 0 Å². The van der Waals surface area contributed by atoms with E-state index < -0.39 is 17.6 Å². The molecule has 23 heavy (non-hydrogen) atoms. The molecule has 1 aromatic heterocycles. The third-order valence-electron chi connectivity index (χ3n) is 2.66. The lowest BCUT2D eigenvalue weighted by Crippen LogP contribution is -2.41. The zero-order valence-corrected chi connectivity index (χ0v) is 13.2. The number of hydrogen-bond acceptors (Lipinski definition) is 6. The molecule has 0 saturated heterocycles. The van der Waals surface area contributed by atoms with Crippen molar-refractivity contribution >= 4 is 28.7 Å². The Kier molecular flexibility index (Phi) is 4.95. The van der Waals surface area contributed by atoms with E-state index >= 15 is 0 Å². The minimum absolute atomic E-state index is 0.217. The Labute approximate surface area is 133 Å². The SMILES string of the molecule is CC(C)(C)OC(=O)NCC(=O)NNc1ncnc2ccccc12. The Morgan fingerprint density at radius 2 is 1.91 bits per heavy atom. The van der Waals surface area contributed by atoms with Crippen LogP contribution in [0.5, 0.6) is 0 Å². The van der Waals surface area contributed by atoms with Gasteiger partial charge in [-0.25, -0.2) is 14.8 Å². The number of ether oxygens (including phenoxy) is 1. The first-order valence-corrected chi connectivity index (χ1v) is 7.06. The number of hydrazine groups is 1. The van der Waals surface area contributed by atoms with Crippen molar-refractivity contribution in [2.45, 2.75) is 26.4 Å². The van der Waals surface area contributed by atoms with E-state index in [0.29, 0.717) is 5.82 Å². The second-order valence-corrected chi connectivity index (χ2v) is 5.77. The minimum atomic E-state index is -0.653. The Bertz CT molecular complexity index is 706. The van der Waals surface area contributed by atoms with Gasteiger partial charge in [-0.2, -0.15) is 0 Å². The van der Waals surface area contributed by atoms with Gasteiger partial charge in [-0.05, 0) is 32.9 Å². The number of amides is 2. The first kappa shape index (κ1) is 16.5. The molecule has 0 spiro atoms. The number of carbonyl (C=O) groups is 2. The molecule has 0 aliphatic carbocycles. The number of nitrogens with zero attached hydrogens (tertiary/aromatic N) is 2. The maximum atomic E-state index is 11.7. The average Bonchev–Trinajstić information content (AvgIpc) is 2.49. The normalized spacial score (nSPS) is 10.9. The van der Waals surface area contributed by atoms with Gasteiger partial charge in [0.25, 0.3) is 5.91 Å². The molecular weight excluding hydrogens is 298 g/mol. The van der Waals surface area contributed by atoms with E-state index in [9.17, 15) is 9.59 Å². The number of fused-ring (bicyclic) bond motifs is 1. The number of anilines is 1. The van der Waals surface area contributed by atoms with Crippen LogP contribution in [0.25, 0.3) is 10.9 Å². The van der Waals surface area contributed by atoms with Gasteiger partial charge in [0.1, 0.15) is 18.5 Å². The molecule has 2 aromatic rings. The summed E-state index contributed by atoms with van der Waals surface area (Å²) in [5.41, 5.74) is 5.32. The molecule has 0 bridgehead atoms. The first-order chi connectivity index (χ1) is 10.8. The highest BCUT2D eigenvalue weighted by molar-refractivity contribution is 5.90. The van der Waals surface area contributed by atoms with E-state index in [1.165, 1.54) is 6.33 Å². The number of nitrogens with one attached hydrogen (secondary N) is 3. The van der Waals surface area contributed by atoms with E-state index in [2.05, 4.69) is 26.1 Å². The van der Waals surface area contributed by atoms with Gasteiger partial charge in [-0.3, -0.25) is 15.6 Å². The van der Waals surface area contributed by atoms with Crippen molar-refractivity contribution in [1.82, 2.24) is 20.7 Å². The Morgan fingerprint density at radius 1 is 1.17 bits per heavy atom. The standard InChI is InChI=1S/C15H19N5O3/c1-15(2,3)23-14(22)16-8-12(21)19-20-13-10-6-4-5-7-11(10)17-9-18-13/h4-7,9H,8H2,1-3H3,(H,16,22)(H,19,21)(H,17,18,20). The topological polar surface area (TPSA) is 105 Å². The average molecular weight is 317 g/mol. The van der Waals surface area contributed by atoms with Crippen LogP contribution in [0, 0.1) is 0 Å². The van der Waals surface area contributed by atoms with Crippen LogP contribution in [0.1, 0.15) is 20.8 Å². The van der Waals surface area contributed by atoms with E-state index in [0.717, 1.165) is 10.9 Å². The van der Waals surface area contributed by atoms with Crippen LogP contribution < -0.4 is 16.2 Å². The molecule has 2 rings (SSSR count). The summed E-state index contributed by atoms with van der Waals surface area (Å²) in [6, 6.07) is 7.39. The van der Waals surface area contributed by atoms with Gasteiger partial charge in [0.2, 0.25) is 0 Å². The van der Waals surface area contributed by atoms with E-state index in [4.69, 9.17) is 4.74 Å². The second-order valence-electron chi connectivity index (χ2n) is 5.77. The van der Waals surface area contributed by atoms with Gasteiger partial charge in [0.15, 0.2) is 5.82 Å². The molecular formula is C15H19N5O3. The van der Waals surface area contributed by atoms with Gasteiger partial charge < -0.3 is 10.1 Å². The monoisotopic (exact) mass is 317 g/mol. The molecule has 0 saturated carbocycles. The van der Waals surface area contributed by atoms with E-state index in [1.807, 2.05) is 24.3 Å². The van der Waals surface area contributed by atoms with Crippen LogP contribution in [0.4, 0.5) is 10.6 Å². The summed E-state index contributed by atoms with van der Waals surface area (Å²) in [6.07, 6.45) is 0.746. The second kappa shape index (κ2) is 6.91. The van der Waals surface area contributed by atoms with Gasteiger partial charge in [0, 0.05) is 5.39 Å². The summed E-state index contributed by atoms with van der Waals surface area (Å²) in [5.74, 6) is 0.0415. The van der Waals surface area contributed by atoms with Crippen molar-refractivity contribution in [1.29, 1.82) is 0 Å². The quantitative estimate of drug-likeness (QED) is 0.740. The Morgan fingerprint density at radius 3 is 2.65 bits per heavy atom. The van der Waals surface area contributed by atoms with Gasteiger partial charge in [-0.1, -0.05) is 12.1 Å². The molecule has 0 unspecified atom stereocenters. The molecule has 0 atom stereocenters. The Balaban J connectivity index is 1.86. The molecule has 0 aliphatic rings. The minimum Gasteiger partial charge on any atom is -0.444 e. The predicted molar refractivity (Wildman–Crippen MR) is 85.5 cm³/mol. The van der Waals surface area contributed by atoms with Crippen LogP contribution in [0.3, 0.4) is 0 Å². The maximum absolute atomic E-state index is 11.7. The highest BCUT2D eigenvalue weighted by Crippen LogP contribution is 2.17. The number of benzene rings is 1. The van der Waals surface area contributed by atoms with Gasteiger partial charge >= 0.3 is 6.09 Å². The fraction of sp³-hybridized carbons (Fsp3) is 0.333. The molecule has 0 radical (unpaired) electrons. The lowest BCUT2D eigenvalue weighted by molar-refractivity contribution is -0.119. The third kappa shape index (κ3) is 5.10. The summed E-state index contributed by atoms with van der Waals surface area (Å²) < 4.78 is 5.04. The summed E-state index contributed by atoms with van der Waals surface area (Å²) in [4.78, 5) is 31.4. The Hall–Kier alpha value is -2.90. The van der Waals surface area contributed by atoms with Crippen LogP contribution in [-0.4, -0.2) is 34.1 Å². The fourth-order valence-corrected chi connectivity index (χ4v) is 1.74. The fourth-order valence-electron chi connectivity index (χ4n) is 1.74. The number of hydrogen-bond donors (Lipinski definition) is 3. The van der Waals surface area contributed by atoms with Crippen LogP contribution >= 0.6 is 0 Å². The maximum Gasteiger partial charge on any atom is 0.408 e. The van der Waals surface area contributed by atoms with Crippen molar-refractivity contribution in [2.24, 2.45) is 0 Å². The predicted octanol–water partition coefficient (Wildman–Crippen LogP) is 1.60. The van der Waals surface area contributed by atoms with Crippen molar-refractivity contribution < 1.29 is 14.3 Å². The lowest BCUT2D eigenvalue weighted by Gasteiger charge is -2.19. The van der Waals surface area contributed by atoms with Crippen molar-refractivity contribution in [3.8, 4) is 0 Å². The molecule has 8 nitrogen and oxygen atoms in total. The van der Waals surface area contributed by atoms with Crippen LogP contribution in [0.15, 0.2) is 30.6 Å². The summed E-state index contributed by atoms with van der Waals surface area (Å²) in [5, 5.41) is 3.14. The third-order valence-corrected chi connectivity index (χ3v) is 2.66. The van der Waals surface area contributed by atoms with Crippen molar-refractivity contribution in [2.75, 3.05) is 12.0 Å². The highest BCUT2D eigenvalue weighted by Gasteiger charge is 2.16. The summed E-state index contributed by atoms with van der Waals surface area (Å²) >= 11 is 0. The first-order valence-electron chi connectivity index (χ1n) is 7.06. The van der Waals surface area contributed by atoms with Gasteiger partial charge in [0.05, 0.1) is 5.52 Å². The molecule has 8 heteroatoms. The number of aromatic nitrogens is 2. The molecule has 0 fully saturated rings. The molecule has 2 amide bonds.